The Morgan fingerprint density at radius 2 is 1.53 bits per heavy atom. The summed E-state index contributed by atoms with van der Waals surface area (Å²) < 4.78 is 91.2. The highest BCUT2D eigenvalue weighted by Crippen LogP contribution is 2.69. The van der Waals surface area contributed by atoms with Crippen LogP contribution in [0.4, 0.5) is 27.6 Å². The molecule has 0 radical (unpaired) electrons. The van der Waals surface area contributed by atoms with Crippen molar-refractivity contribution in [2.75, 3.05) is 38.3 Å². The summed E-state index contributed by atoms with van der Waals surface area (Å²) in [5.41, 5.74) is 3.97. The molecule has 270 valence electrons. The van der Waals surface area contributed by atoms with Gasteiger partial charge in [0.15, 0.2) is 5.60 Å². The molecule has 2 heterocycles. The number of benzene rings is 5. The zero-order valence-electron chi connectivity index (χ0n) is 29.0. The molecule has 0 N–H and O–H groups in total. The Labute approximate surface area is 303 Å². The number of nitrogens with zero attached hydrogens (tertiary/aromatic N) is 1. The number of halogens is 5. The lowest BCUT2D eigenvalue weighted by molar-refractivity contribution is -0.137. The normalized spacial score (nSPS) is 23.6. The monoisotopic (exact) mass is 721 g/mol. The van der Waals surface area contributed by atoms with E-state index in [1.807, 2.05) is 18.2 Å². The van der Waals surface area contributed by atoms with Gasteiger partial charge in [0.25, 0.3) is 0 Å². The van der Waals surface area contributed by atoms with Crippen LogP contribution in [0.2, 0.25) is 0 Å². The molecule has 4 nitrogen and oxygen atoms in total. The van der Waals surface area contributed by atoms with E-state index in [0.29, 0.717) is 54.8 Å². The first kappa shape index (κ1) is 32.7. The van der Waals surface area contributed by atoms with Gasteiger partial charge in [0.1, 0.15) is 23.1 Å². The molecule has 5 aromatic carbocycles. The third kappa shape index (κ3) is 4.68. The number of ether oxygens (including phenoxy) is 3. The number of hydrogen-bond acceptors (Lipinski definition) is 4. The maximum atomic E-state index is 14.5. The molecule has 2 aliphatic heterocycles. The van der Waals surface area contributed by atoms with Crippen molar-refractivity contribution < 1.29 is 36.2 Å². The summed E-state index contributed by atoms with van der Waals surface area (Å²) in [6, 6.07) is 20.6. The first-order chi connectivity index (χ1) is 25.6. The summed E-state index contributed by atoms with van der Waals surface area (Å²) in [6.45, 7) is 2.44. The summed E-state index contributed by atoms with van der Waals surface area (Å²) in [6.07, 6.45) is 3.21. The van der Waals surface area contributed by atoms with Crippen LogP contribution in [0, 0.1) is 23.5 Å². The van der Waals surface area contributed by atoms with Gasteiger partial charge in [-0.15, -0.1) is 0 Å². The molecule has 3 atom stereocenters. The maximum absolute atomic E-state index is 14.5. The van der Waals surface area contributed by atoms with Crippen LogP contribution in [0.1, 0.15) is 59.1 Å². The van der Waals surface area contributed by atoms with Gasteiger partial charge in [-0.05, 0) is 113 Å². The van der Waals surface area contributed by atoms with Crippen molar-refractivity contribution in [1.29, 1.82) is 0 Å². The van der Waals surface area contributed by atoms with Crippen molar-refractivity contribution in [3.05, 3.63) is 130 Å². The molecular formula is C44H36F5NO3. The summed E-state index contributed by atoms with van der Waals surface area (Å²) in [4.78, 5) is 2.23. The minimum Gasteiger partial charge on any atom is -0.495 e. The Bertz CT molecular complexity index is 2280. The van der Waals surface area contributed by atoms with E-state index in [1.165, 1.54) is 36.4 Å². The molecule has 1 spiro atoms. The van der Waals surface area contributed by atoms with Gasteiger partial charge in [-0.25, -0.2) is 8.78 Å². The van der Waals surface area contributed by atoms with Crippen molar-refractivity contribution in [2.45, 2.75) is 42.9 Å². The second kappa shape index (κ2) is 11.6. The summed E-state index contributed by atoms with van der Waals surface area (Å²) >= 11 is 0. The molecule has 0 aromatic heterocycles. The third-order valence-electron chi connectivity index (χ3n) is 12.6. The number of rotatable bonds is 4. The van der Waals surface area contributed by atoms with E-state index in [0.717, 1.165) is 70.0 Å². The van der Waals surface area contributed by atoms with Crippen molar-refractivity contribution in [2.24, 2.45) is 11.8 Å². The largest absolute Gasteiger partial charge is 0.495 e. The zero-order valence-corrected chi connectivity index (χ0v) is 29.0. The lowest BCUT2D eigenvalue weighted by atomic mass is 9.65. The van der Waals surface area contributed by atoms with E-state index in [2.05, 4.69) is 11.0 Å². The topological polar surface area (TPSA) is 30.9 Å². The number of morpholine rings is 1. The van der Waals surface area contributed by atoms with Crippen LogP contribution in [0.15, 0.2) is 84.9 Å². The molecule has 9 heteroatoms. The van der Waals surface area contributed by atoms with Gasteiger partial charge in [-0.3, -0.25) is 0 Å². The predicted octanol–water partition coefficient (Wildman–Crippen LogP) is 10.4. The molecule has 1 saturated heterocycles. The Balaban J connectivity index is 1.31. The molecule has 3 fully saturated rings. The third-order valence-corrected chi connectivity index (χ3v) is 12.6. The minimum absolute atomic E-state index is 0.170. The van der Waals surface area contributed by atoms with Gasteiger partial charge in [0.2, 0.25) is 0 Å². The Morgan fingerprint density at radius 1 is 0.830 bits per heavy atom. The number of anilines is 1. The van der Waals surface area contributed by atoms with Crippen LogP contribution in [0.5, 0.6) is 11.5 Å². The van der Waals surface area contributed by atoms with Gasteiger partial charge in [-0.2, -0.15) is 13.2 Å². The van der Waals surface area contributed by atoms with Crippen LogP contribution in [0.3, 0.4) is 0 Å². The zero-order chi connectivity index (χ0) is 36.3. The second-order valence-electron chi connectivity index (χ2n) is 15.2. The molecule has 0 amide bonds. The smallest absolute Gasteiger partial charge is 0.416 e. The Morgan fingerprint density at radius 3 is 2.13 bits per heavy atom. The van der Waals surface area contributed by atoms with E-state index in [9.17, 15) is 22.0 Å². The second-order valence-corrected chi connectivity index (χ2v) is 15.2. The van der Waals surface area contributed by atoms with Gasteiger partial charge in [0, 0.05) is 40.6 Å². The predicted molar refractivity (Wildman–Crippen MR) is 193 cm³/mol. The first-order valence-corrected chi connectivity index (χ1v) is 18.3. The average molecular weight is 722 g/mol. The highest BCUT2D eigenvalue weighted by Gasteiger charge is 2.59. The maximum Gasteiger partial charge on any atom is 0.416 e. The molecule has 3 aliphatic carbocycles. The minimum atomic E-state index is -4.49. The van der Waals surface area contributed by atoms with E-state index in [-0.39, 0.29) is 5.92 Å². The fourth-order valence-corrected chi connectivity index (χ4v) is 10.4. The Hall–Kier alpha value is -4.89. The van der Waals surface area contributed by atoms with Crippen molar-refractivity contribution in [1.82, 2.24) is 0 Å². The highest BCUT2D eigenvalue weighted by molar-refractivity contribution is 6.10. The van der Waals surface area contributed by atoms with Crippen LogP contribution >= 0.6 is 0 Å². The first-order valence-electron chi connectivity index (χ1n) is 18.3. The molecule has 2 bridgehead atoms. The number of fused-ring (bicyclic) bond motifs is 13. The molecule has 10 rings (SSSR count). The van der Waals surface area contributed by atoms with E-state index >= 15 is 0 Å². The Kier molecular flexibility index (Phi) is 7.14. The lowest BCUT2D eigenvalue weighted by Gasteiger charge is -2.41. The fraction of sp³-hybridized carbons (Fsp3) is 0.318. The van der Waals surface area contributed by atoms with E-state index in [1.54, 1.807) is 37.4 Å². The number of hydrogen-bond donors (Lipinski definition) is 0. The molecule has 5 aliphatic rings. The molecule has 5 aromatic rings. The van der Waals surface area contributed by atoms with Crippen LogP contribution in [-0.4, -0.2) is 33.4 Å². The molecule has 53 heavy (non-hydrogen) atoms. The average Bonchev–Trinajstić information content (AvgIpc) is 3.87. The van der Waals surface area contributed by atoms with Gasteiger partial charge in [-0.1, -0.05) is 42.8 Å². The summed E-state index contributed by atoms with van der Waals surface area (Å²) in [5.74, 6) is 0.971. The standard InChI is InChI=1S/C44H36F5NO3/c1-51-38-23-35-34(22-37(38)50-16-18-52-19-17-50)39-32-13-8-29(44(47,48)49)21-36(32)42(24-25-2-3-28(42)20-25)40(39)33-14-15-43(53-41(33)35,26-4-9-30(45)10-5-26)27-6-11-31(46)12-7-27/h4-15,21-23,25,28H,2-3,16-20,24H2,1H3. The quantitative estimate of drug-likeness (QED) is 0.173. The highest BCUT2D eigenvalue weighted by atomic mass is 19.4. The van der Waals surface area contributed by atoms with Crippen molar-refractivity contribution >= 4 is 22.5 Å². The van der Waals surface area contributed by atoms with Crippen LogP contribution in [0.25, 0.3) is 28.0 Å². The van der Waals surface area contributed by atoms with Gasteiger partial charge in [0.05, 0.1) is 31.6 Å². The molecule has 2 saturated carbocycles. The lowest BCUT2D eigenvalue weighted by Crippen LogP contribution is -2.37. The SMILES string of the molecule is COc1cc2c3c(c4c(c2cc1N1CCOCC1)-c1ccc(C(F)(F)F)cc1C41CC2CCC1C2)C=CC(c1ccc(F)cc1)(c1ccc(F)cc1)O3. The van der Waals surface area contributed by atoms with Gasteiger partial charge < -0.3 is 19.1 Å². The van der Waals surface area contributed by atoms with Crippen molar-refractivity contribution in [3.63, 3.8) is 0 Å². The molecular weight excluding hydrogens is 685 g/mol. The van der Waals surface area contributed by atoms with Crippen LogP contribution < -0.4 is 14.4 Å². The number of alkyl halides is 3. The van der Waals surface area contributed by atoms with E-state index < -0.39 is 34.4 Å². The van der Waals surface area contributed by atoms with Crippen molar-refractivity contribution in [3.8, 4) is 22.6 Å². The summed E-state index contributed by atoms with van der Waals surface area (Å²) in [7, 11) is 1.63. The van der Waals surface area contributed by atoms with Crippen LogP contribution in [-0.2, 0) is 21.9 Å². The number of methoxy groups -OCH3 is 1. The summed E-state index contributed by atoms with van der Waals surface area (Å²) in [5, 5.41) is 1.61. The fourth-order valence-electron chi connectivity index (χ4n) is 10.4. The van der Waals surface area contributed by atoms with E-state index in [4.69, 9.17) is 14.2 Å². The molecule has 3 unspecified atom stereocenters. The van der Waals surface area contributed by atoms with Gasteiger partial charge >= 0.3 is 6.18 Å².